The van der Waals surface area contributed by atoms with Crippen molar-refractivity contribution in [1.82, 2.24) is 9.97 Å². The number of nitrogens with zero attached hydrogens (tertiary/aromatic N) is 2. The van der Waals surface area contributed by atoms with Crippen LogP contribution in [0.5, 0.6) is 0 Å². The molecule has 13 heavy (non-hydrogen) atoms. The van der Waals surface area contributed by atoms with Crippen molar-refractivity contribution in [2.45, 2.75) is 6.92 Å². The van der Waals surface area contributed by atoms with E-state index in [1.807, 2.05) is 24.4 Å². The maximum atomic E-state index is 5.53. The Morgan fingerprint density at radius 2 is 2.23 bits per heavy atom. The fourth-order valence-corrected chi connectivity index (χ4v) is 1.78. The van der Waals surface area contributed by atoms with Crippen molar-refractivity contribution in [2.24, 2.45) is 0 Å². The van der Waals surface area contributed by atoms with E-state index < -0.39 is 0 Å². The summed E-state index contributed by atoms with van der Waals surface area (Å²) in [5.41, 5.74) is 8.12. The fourth-order valence-electron chi connectivity index (χ4n) is 1.00. The number of nitrogen functional groups attached to an aromatic ring is 1. The lowest BCUT2D eigenvalue weighted by atomic mass is 10.3. The summed E-state index contributed by atoms with van der Waals surface area (Å²) in [4.78, 5) is 8.51. The molecule has 0 atom stereocenters. The van der Waals surface area contributed by atoms with Crippen molar-refractivity contribution in [3.63, 3.8) is 0 Å². The van der Waals surface area contributed by atoms with Gasteiger partial charge in [-0.3, -0.25) is 4.98 Å². The van der Waals surface area contributed by atoms with Gasteiger partial charge in [-0.05, 0) is 19.1 Å². The smallest absolute Gasteiger partial charge is 0.142 e. The minimum Gasteiger partial charge on any atom is -0.397 e. The Bertz CT molecular complexity index is 405. The van der Waals surface area contributed by atoms with Crippen LogP contribution in [-0.2, 0) is 0 Å². The number of pyridine rings is 1. The molecule has 2 heterocycles. The van der Waals surface area contributed by atoms with Crippen LogP contribution >= 0.6 is 11.3 Å². The van der Waals surface area contributed by atoms with Crippen molar-refractivity contribution < 1.29 is 0 Å². The van der Waals surface area contributed by atoms with Gasteiger partial charge in [-0.1, -0.05) is 0 Å². The van der Waals surface area contributed by atoms with Crippen LogP contribution in [0.25, 0.3) is 10.7 Å². The normalized spacial score (nSPS) is 10.2. The van der Waals surface area contributed by atoms with Crippen LogP contribution in [0.2, 0.25) is 0 Å². The number of aromatic nitrogens is 2. The van der Waals surface area contributed by atoms with E-state index >= 15 is 0 Å². The first-order valence-electron chi connectivity index (χ1n) is 3.90. The first kappa shape index (κ1) is 8.19. The van der Waals surface area contributed by atoms with Gasteiger partial charge in [-0.25, -0.2) is 4.98 Å². The first-order valence-corrected chi connectivity index (χ1v) is 4.78. The second-order valence-corrected chi connectivity index (χ2v) is 3.63. The van der Waals surface area contributed by atoms with Crippen LogP contribution in [-0.4, -0.2) is 9.97 Å². The van der Waals surface area contributed by atoms with Gasteiger partial charge in [-0.2, -0.15) is 0 Å². The third-order valence-corrected chi connectivity index (χ3v) is 2.61. The van der Waals surface area contributed by atoms with Crippen molar-refractivity contribution >= 4 is 17.0 Å². The Labute approximate surface area is 80.3 Å². The molecule has 3 nitrogen and oxygen atoms in total. The van der Waals surface area contributed by atoms with E-state index in [4.69, 9.17) is 5.73 Å². The summed E-state index contributed by atoms with van der Waals surface area (Å²) in [5, 5.41) is 2.95. The Morgan fingerprint density at radius 1 is 1.38 bits per heavy atom. The molecule has 2 N–H and O–H groups in total. The number of hydrogen-bond acceptors (Lipinski definition) is 4. The summed E-state index contributed by atoms with van der Waals surface area (Å²) in [6.45, 7) is 1.97. The molecule has 2 aromatic heterocycles. The Hall–Kier alpha value is -1.42. The number of thiazole rings is 1. The van der Waals surface area contributed by atoms with E-state index in [1.165, 1.54) is 0 Å². The predicted molar refractivity (Wildman–Crippen MR) is 54.5 cm³/mol. The van der Waals surface area contributed by atoms with Gasteiger partial charge in [0.2, 0.25) is 0 Å². The van der Waals surface area contributed by atoms with E-state index in [0.29, 0.717) is 5.69 Å². The van der Waals surface area contributed by atoms with Crippen molar-refractivity contribution in [1.29, 1.82) is 0 Å². The number of aryl methyl sites for hydroxylation is 1. The van der Waals surface area contributed by atoms with Crippen LogP contribution in [0.4, 0.5) is 5.69 Å². The van der Waals surface area contributed by atoms with E-state index in [0.717, 1.165) is 16.4 Å². The zero-order valence-electron chi connectivity index (χ0n) is 7.19. The lowest BCUT2D eigenvalue weighted by Gasteiger charge is -1.95. The molecule has 0 bridgehead atoms. The third kappa shape index (κ3) is 1.67. The lowest BCUT2D eigenvalue weighted by Crippen LogP contribution is -1.87. The second kappa shape index (κ2) is 3.14. The van der Waals surface area contributed by atoms with Crippen molar-refractivity contribution in [3.05, 3.63) is 29.4 Å². The largest absolute Gasteiger partial charge is 0.397 e. The average Bonchev–Trinajstić information content (AvgIpc) is 2.53. The molecule has 0 radical (unpaired) electrons. The lowest BCUT2D eigenvalue weighted by molar-refractivity contribution is 1.23. The standard InChI is InChI=1S/C9H9N3S/c1-6-5-13-9(12-6)8-3-2-7(10)4-11-8/h2-5H,10H2,1H3. The molecule has 0 amide bonds. The maximum Gasteiger partial charge on any atom is 0.142 e. The third-order valence-electron chi connectivity index (χ3n) is 1.62. The monoisotopic (exact) mass is 191 g/mol. The zero-order valence-corrected chi connectivity index (χ0v) is 8.01. The van der Waals surface area contributed by atoms with Crippen LogP contribution in [0, 0.1) is 6.92 Å². The van der Waals surface area contributed by atoms with Crippen LogP contribution in [0.1, 0.15) is 5.69 Å². The SMILES string of the molecule is Cc1csc(-c2ccc(N)cn2)n1. The highest BCUT2D eigenvalue weighted by molar-refractivity contribution is 7.13. The summed E-state index contributed by atoms with van der Waals surface area (Å²) >= 11 is 1.59. The van der Waals surface area contributed by atoms with Crippen LogP contribution in [0.15, 0.2) is 23.7 Å². The van der Waals surface area contributed by atoms with Gasteiger partial charge in [-0.15, -0.1) is 11.3 Å². The minimum absolute atomic E-state index is 0.678. The molecule has 2 aromatic rings. The first-order chi connectivity index (χ1) is 6.25. The van der Waals surface area contributed by atoms with Crippen molar-refractivity contribution in [2.75, 3.05) is 5.73 Å². The molecule has 0 saturated carbocycles. The Kier molecular flexibility index (Phi) is 1.98. The number of nitrogens with two attached hydrogens (primary N) is 1. The van der Waals surface area contributed by atoms with E-state index in [1.54, 1.807) is 17.5 Å². The van der Waals surface area contributed by atoms with Gasteiger partial charge in [0.05, 0.1) is 17.6 Å². The van der Waals surface area contributed by atoms with Crippen LogP contribution < -0.4 is 5.73 Å². The maximum absolute atomic E-state index is 5.53. The molecular formula is C9H9N3S. The second-order valence-electron chi connectivity index (χ2n) is 2.77. The number of rotatable bonds is 1. The molecule has 4 heteroatoms. The quantitative estimate of drug-likeness (QED) is 0.751. The Balaban J connectivity index is 2.41. The number of anilines is 1. The van der Waals surface area contributed by atoms with Gasteiger partial charge in [0.25, 0.3) is 0 Å². The summed E-state index contributed by atoms with van der Waals surface area (Å²) in [5.74, 6) is 0. The zero-order chi connectivity index (χ0) is 9.26. The fraction of sp³-hybridized carbons (Fsp3) is 0.111. The minimum atomic E-state index is 0.678. The molecule has 0 fully saturated rings. The van der Waals surface area contributed by atoms with Gasteiger partial charge < -0.3 is 5.73 Å². The highest BCUT2D eigenvalue weighted by Crippen LogP contribution is 2.21. The molecule has 0 aliphatic rings. The summed E-state index contributed by atoms with van der Waals surface area (Å²) in [7, 11) is 0. The van der Waals surface area contributed by atoms with Crippen molar-refractivity contribution in [3.8, 4) is 10.7 Å². The molecule has 0 aliphatic carbocycles. The van der Waals surface area contributed by atoms with E-state index in [2.05, 4.69) is 9.97 Å². The molecular weight excluding hydrogens is 182 g/mol. The molecule has 2 rings (SSSR count). The molecule has 0 aliphatic heterocycles. The highest BCUT2D eigenvalue weighted by atomic mass is 32.1. The van der Waals surface area contributed by atoms with Gasteiger partial charge >= 0.3 is 0 Å². The van der Waals surface area contributed by atoms with Gasteiger partial charge in [0.15, 0.2) is 0 Å². The molecule has 0 spiro atoms. The topological polar surface area (TPSA) is 51.8 Å². The average molecular weight is 191 g/mol. The Morgan fingerprint density at radius 3 is 2.77 bits per heavy atom. The highest BCUT2D eigenvalue weighted by Gasteiger charge is 2.02. The molecule has 0 aromatic carbocycles. The van der Waals surface area contributed by atoms with E-state index in [9.17, 15) is 0 Å². The number of hydrogen-bond donors (Lipinski definition) is 1. The summed E-state index contributed by atoms with van der Waals surface area (Å²) < 4.78 is 0. The summed E-state index contributed by atoms with van der Waals surface area (Å²) in [6.07, 6.45) is 1.64. The molecule has 66 valence electrons. The molecule has 0 saturated heterocycles. The van der Waals surface area contributed by atoms with Crippen LogP contribution in [0.3, 0.4) is 0 Å². The summed E-state index contributed by atoms with van der Waals surface area (Å²) in [6, 6.07) is 3.71. The van der Waals surface area contributed by atoms with Gasteiger partial charge in [0.1, 0.15) is 5.01 Å². The molecule has 0 unspecified atom stereocenters. The predicted octanol–water partition coefficient (Wildman–Crippen LogP) is 2.10. The van der Waals surface area contributed by atoms with Gasteiger partial charge in [0, 0.05) is 11.1 Å². The van der Waals surface area contributed by atoms with E-state index in [-0.39, 0.29) is 0 Å².